The molecule has 0 radical (unpaired) electrons. The van der Waals surface area contributed by atoms with Gasteiger partial charge in [-0.05, 0) is 24.1 Å². The van der Waals surface area contributed by atoms with Crippen LogP contribution < -0.4 is 4.90 Å². The van der Waals surface area contributed by atoms with Crippen LogP contribution in [0.1, 0.15) is 12.0 Å². The summed E-state index contributed by atoms with van der Waals surface area (Å²) in [6.45, 7) is 0. The zero-order valence-electron chi connectivity index (χ0n) is 12.4. The van der Waals surface area contributed by atoms with Crippen molar-refractivity contribution in [2.45, 2.75) is 12.8 Å². The van der Waals surface area contributed by atoms with Gasteiger partial charge in [-0.25, -0.2) is 0 Å². The summed E-state index contributed by atoms with van der Waals surface area (Å²) in [4.78, 5) is 25.0. The average molecular weight is 279 g/mol. The number of hydrogen-bond acceptors (Lipinski definition) is 5. The Morgan fingerprint density at radius 2 is 1.70 bits per heavy atom. The van der Waals surface area contributed by atoms with E-state index in [2.05, 4.69) is 4.74 Å². The molecule has 0 amide bonds. The summed E-state index contributed by atoms with van der Waals surface area (Å²) in [5, 5.41) is 0. The fourth-order valence-corrected chi connectivity index (χ4v) is 1.90. The SMILES string of the molecule is COC(=O)CC(Cc1ccc(N(C)C)cc1)C(=O)OC. The number of hydrogen-bond donors (Lipinski definition) is 0. The highest BCUT2D eigenvalue weighted by molar-refractivity contribution is 5.80. The normalized spacial score (nSPS) is 11.6. The van der Waals surface area contributed by atoms with Gasteiger partial charge in [-0.1, -0.05) is 12.1 Å². The second kappa shape index (κ2) is 7.53. The van der Waals surface area contributed by atoms with Gasteiger partial charge >= 0.3 is 11.9 Å². The van der Waals surface area contributed by atoms with Crippen LogP contribution in [-0.2, 0) is 25.5 Å². The molecular formula is C15H21NO4. The van der Waals surface area contributed by atoms with Crippen molar-refractivity contribution in [2.75, 3.05) is 33.2 Å². The Hall–Kier alpha value is -2.04. The van der Waals surface area contributed by atoms with Gasteiger partial charge in [0.15, 0.2) is 0 Å². The third-order valence-electron chi connectivity index (χ3n) is 3.11. The number of rotatable bonds is 6. The van der Waals surface area contributed by atoms with Crippen molar-refractivity contribution in [1.82, 2.24) is 0 Å². The number of nitrogens with zero attached hydrogens (tertiary/aromatic N) is 1. The van der Waals surface area contributed by atoms with Gasteiger partial charge in [-0.3, -0.25) is 9.59 Å². The minimum atomic E-state index is -0.516. The summed E-state index contributed by atoms with van der Waals surface area (Å²) in [5.74, 6) is -1.32. The lowest BCUT2D eigenvalue weighted by Gasteiger charge is -2.15. The maximum Gasteiger partial charge on any atom is 0.309 e. The monoisotopic (exact) mass is 279 g/mol. The molecule has 0 bridgehead atoms. The molecule has 110 valence electrons. The maximum atomic E-state index is 11.7. The van der Waals surface area contributed by atoms with Gasteiger partial charge in [0.25, 0.3) is 0 Å². The molecule has 0 heterocycles. The second-order valence-electron chi connectivity index (χ2n) is 4.77. The van der Waals surface area contributed by atoms with Crippen molar-refractivity contribution in [1.29, 1.82) is 0 Å². The highest BCUT2D eigenvalue weighted by Crippen LogP contribution is 2.18. The molecule has 0 saturated heterocycles. The predicted molar refractivity (Wildman–Crippen MR) is 76.6 cm³/mol. The highest BCUT2D eigenvalue weighted by Gasteiger charge is 2.23. The number of benzene rings is 1. The van der Waals surface area contributed by atoms with Crippen LogP contribution in [0.5, 0.6) is 0 Å². The molecule has 0 aliphatic carbocycles. The number of ether oxygens (including phenoxy) is 2. The lowest BCUT2D eigenvalue weighted by Crippen LogP contribution is -2.22. The molecule has 5 nitrogen and oxygen atoms in total. The van der Waals surface area contributed by atoms with Gasteiger partial charge < -0.3 is 14.4 Å². The molecule has 0 fully saturated rings. The van der Waals surface area contributed by atoms with Crippen LogP contribution >= 0.6 is 0 Å². The molecule has 0 saturated carbocycles. The van der Waals surface area contributed by atoms with Crippen molar-refractivity contribution in [2.24, 2.45) is 5.92 Å². The van der Waals surface area contributed by atoms with E-state index in [1.165, 1.54) is 14.2 Å². The highest BCUT2D eigenvalue weighted by atomic mass is 16.5. The van der Waals surface area contributed by atoms with Gasteiger partial charge in [0.2, 0.25) is 0 Å². The topological polar surface area (TPSA) is 55.8 Å². The van der Waals surface area contributed by atoms with Crippen LogP contribution in [0.3, 0.4) is 0 Å². The third kappa shape index (κ3) is 4.57. The molecule has 1 atom stereocenters. The van der Waals surface area contributed by atoms with Gasteiger partial charge in [-0.15, -0.1) is 0 Å². The first-order chi connectivity index (χ1) is 9.47. The Bertz CT molecular complexity index is 453. The number of methoxy groups -OCH3 is 2. The quantitative estimate of drug-likeness (QED) is 0.741. The summed E-state index contributed by atoms with van der Waals surface area (Å²) < 4.78 is 9.35. The lowest BCUT2D eigenvalue weighted by molar-refractivity contribution is -0.151. The first-order valence-corrected chi connectivity index (χ1v) is 6.38. The summed E-state index contributed by atoms with van der Waals surface area (Å²) in [5.41, 5.74) is 2.06. The standard InChI is InChI=1S/C15H21NO4/c1-16(2)13-7-5-11(6-8-13)9-12(15(18)20-4)10-14(17)19-3/h5-8,12H,9-10H2,1-4H3. The number of anilines is 1. The van der Waals surface area contributed by atoms with Crippen LogP contribution in [0.15, 0.2) is 24.3 Å². The van der Waals surface area contributed by atoms with E-state index >= 15 is 0 Å². The molecule has 0 aliphatic heterocycles. The van der Waals surface area contributed by atoms with Crippen molar-refractivity contribution >= 4 is 17.6 Å². The molecule has 0 aromatic heterocycles. The fourth-order valence-electron chi connectivity index (χ4n) is 1.90. The van der Waals surface area contributed by atoms with Gasteiger partial charge in [0, 0.05) is 19.8 Å². The van der Waals surface area contributed by atoms with Crippen LogP contribution in [0.2, 0.25) is 0 Å². The van der Waals surface area contributed by atoms with E-state index in [9.17, 15) is 9.59 Å². The largest absolute Gasteiger partial charge is 0.469 e. The van der Waals surface area contributed by atoms with E-state index in [1.807, 2.05) is 43.3 Å². The third-order valence-corrected chi connectivity index (χ3v) is 3.11. The molecular weight excluding hydrogens is 258 g/mol. The maximum absolute atomic E-state index is 11.7. The minimum Gasteiger partial charge on any atom is -0.469 e. The van der Waals surface area contributed by atoms with Crippen LogP contribution in [0, 0.1) is 5.92 Å². The predicted octanol–water partition coefficient (Wildman–Crippen LogP) is 1.65. The van der Waals surface area contributed by atoms with E-state index in [0.29, 0.717) is 6.42 Å². The zero-order chi connectivity index (χ0) is 15.1. The summed E-state index contributed by atoms with van der Waals surface area (Å²) in [7, 11) is 6.55. The molecule has 1 unspecified atom stereocenters. The molecule has 20 heavy (non-hydrogen) atoms. The number of carbonyl (C=O) groups excluding carboxylic acids is 2. The summed E-state index contributed by atoms with van der Waals surface area (Å²) in [6, 6.07) is 7.84. The first-order valence-electron chi connectivity index (χ1n) is 6.38. The van der Waals surface area contributed by atoms with E-state index in [1.54, 1.807) is 0 Å². The van der Waals surface area contributed by atoms with Crippen LogP contribution in [-0.4, -0.2) is 40.3 Å². The van der Waals surface area contributed by atoms with Crippen molar-refractivity contribution in [3.05, 3.63) is 29.8 Å². The molecule has 5 heteroatoms. The molecule has 0 aliphatic rings. The van der Waals surface area contributed by atoms with Gasteiger partial charge in [0.05, 0.1) is 26.6 Å². The first kappa shape index (κ1) is 16.0. The van der Waals surface area contributed by atoms with E-state index < -0.39 is 17.9 Å². The average Bonchev–Trinajstić information content (AvgIpc) is 2.46. The van der Waals surface area contributed by atoms with E-state index in [4.69, 9.17) is 4.74 Å². The number of carbonyl (C=O) groups is 2. The van der Waals surface area contributed by atoms with E-state index in [-0.39, 0.29) is 6.42 Å². The second-order valence-corrected chi connectivity index (χ2v) is 4.77. The Morgan fingerprint density at radius 1 is 1.10 bits per heavy atom. The lowest BCUT2D eigenvalue weighted by atomic mass is 9.96. The zero-order valence-corrected chi connectivity index (χ0v) is 12.4. The van der Waals surface area contributed by atoms with Crippen molar-refractivity contribution in [3.63, 3.8) is 0 Å². The molecule has 0 spiro atoms. The van der Waals surface area contributed by atoms with Crippen molar-refractivity contribution < 1.29 is 19.1 Å². The smallest absolute Gasteiger partial charge is 0.309 e. The van der Waals surface area contributed by atoms with E-state index in [0.717, 1.165) is 11.3 Å². The number of esters is 2. The Morgan fingerprint density at radius 3 is 2.15 bits per heavy atom. The Balaban J connectivity index is 2.78. The van der Waals surface area contributed by atoms with Crippen LogP contribution in [0.25, 0.3) is 0 Å². The van der Waals surface area contributed by atoms with Gasteiger partial charge in [-0.2, -0.15) is 0 Å². The van der Waals surface area contributed by atoms with Gasteiger partial charge in [0.1, 0.15) is 0 Å². The molecule has 1 rings (SSSR count). The summed E-state index contributed by atoms with van der Waals surface area (Å²) in [6.07, 6.45) is 0.480. The molecule has 0 N–H and O–H groups in total. The fraction of sp³-hybridized carbons (Fsp3) is 0.467. The Kier molecular flexibility index (Phi) is 6.03. The molecule has 1 aromatic carbocycles. The Labute approximate surface area is 119 Å². The minimum absolute atomic E-state index is 0.0264. The molecule has 1 aromatic rings. The van der Waals surface area contributed by atoms with Crippen LogP contribution in [0.4, 0.5) is 5.69 Å². The summed E-state index contributed by atoms with van der Waals surface area (Å²) >= 11 is 0. The van der Waals surface area contributed by atoms with Crippen molar-refractivity contribution in [3.8, 4) is 0 Å².